The molecule has 0 aromatic carbocycles. The van der Waals surface area contributed by atoms with E-state index in [-0.39, 0.29) is 5.54 Å². The molecule has 5 heteroatoms. The van der Waals surface area contributed by atoms with E-state index in [0.29, 0.717) is 19.5 Å². The molecule has 0 aromatic heterocycles. The Morgan fingerprint density at radius 3 is 2.53 bits per heavy atom. The van der Waals surface area contributed by atoms with E-state index in [4.69, 9.17) is 4.74 Å². The van der Waals surface area contributed by atoms with Crippen LogP contribution in [-0.2, 0) is 4.74 Å². The number of nitrogens with zero attached hydrogens (tertiary/aromatic N) is 1. The molecule has 98 valence electrons. The average Bonchev–Trinajstić information content (AvgIpc) is 2.77. The number of alkyl carbamates (subject to hydrolysis) is 1. The largest absolute Gasteiger partial charge is 0.428 e. The monoisotopic (exact) mass is 244 g/mol. The molecule has 1 aliphatic carbocycles. The van der Waals surface area contributed by atoms with Crippen LogP contribution in [0.25, 0.3) is 0 Å². The van der Waals surface area contributed by atoms with Crippen molar-refractivity contribution in [1.29, 1.82) is 0 Å². The third-order valence-corrected chi connectivity index (χ3v) is 3.14. The number of hydrogen-bond acceptors (Lipinski definition) is 3. The van der Waals surface area contributed by atoms with Crippen molar-refractivity contribution in [1.82, 2.24) is 10.2 Å². The molecule has 1 N–H and O–H groups in total. The molecule has 0 bridgehead atoms. The third-order valence-electron chi connectivity index (χ3n) is 3.14. The minimum absolute atomic E-state index is 0.305. The minimum atomic E-state index is -0.776. The van der Waals surface area contributed by atoms with E-state index in [1.807, 2.05) is 25.7 Å². The number of alkyl halides is 1. The zero-order valence-electron chi connectivity index (χ0n) is 10.8. The van der Waals surface area contributed by atoms with Gasteiger partial charge in [0, 0.05) is 31.5 Å². The number of halogens is 1. The summed E-state index contributed by atoms with van der Waals surface area (Å²) in [7, 11) is 0. The van der Waals surface area contributed by atoms with Crippen LogP contribution in [0.15, 0.2) is 0 Å². The summed E-state index contributed by atoms with van der Waals surface area (Å²) in [5.74, 6) is 0. The van der Waals surface area contributed by atoms with Crippen LogP contribution < -0.4 is 5.32 Å². The van der Waals surface area contributed by atoms with Crippen LogP contribution in [-0.4, -0.2) is 41.5 Å². The number of amides is 1. The van der Waals surface area contributed by atoms with Gasteiger partial charge in [-0.1, -0.05) is 0 Å². The lowest BCUT2D eigenvalue weighted by molar-refractivity contribution is -0.0280. The van der Waals surface area contributed by atoms with Crippen LogP contribution in [0.3, 0.4) is 0 Å². The van der Waals surface area contributed by atoms with E-state index in [0.717, 1.165) is 12.8 Å². The normalized spacial score (nSPS) is 27.9. The van der Waals surface area contributed by atoms with Gasteiger partial charge >= 0.3 is 6.09 Å². The number of ether oxygens (including phenoxy) is 1. The molecule has 1 unspecified atom stereocenters. The summed E-state index contributed by atoms with van der Waals surface area (Å²) in [6, 6.07) is 0. The molecular formula is C12H21FN2O2. The average molecular weight is 244 g/mol. The molecule has 1 atom stereocenters. The summed E-state index contributed by atoms with van der Waals surface area (Å²) in [5.41, 5.74) is -0.822. The van der Waals surface area contributed by atoms with Gasteiger partial charge in [-0.3, -0.25) is 4.90 Å². The maximum Gasteiger partial charge on any atom is 0.409 e. The summed E-state index contributed by atoms with van der Waals surface area (Å²) in [6.07, 6.45) is 1.000. The quantitative estimate of drug-likeness (QED) is 0.808. The zero-order valence-corrected chi connectivity index (χ0v) is 10.8. The Morgan fingerprint density at radius 2 is 2.12 bits per heavy atom. The van der Waals surface area contributed by atoms with E-state index >= 15 is 0 Å². The van der Waals surface area contributed by atoms with Crippen molar-refractivity contribution in [3.05, 3.63) is 0 Å². The lowest BCUT2D eigenvalue weighted by atomic mass is 10.1. The minimum Gasteiger partial charge on any atom is -0.428 e. The molecule has 2 aliphatic rings. The van der Waals surface area contributed by atoms with Gasteiger partial charge in [-0.2, -0.15) is 0 Å². The Labute approximate surface area is 101 Å². The number of carbonyl (C=O) groups is 1. The van der Waals surface area contributed by atoms with Gasteiger partial charge in [0.25, 0.3) is 0 Å². The van der Waals surface area contributed by atoms with E-state index in [9.17, 15) is 9.18 Å². The van der Waals surface area contributed by atoms with Crippen molar-refractivity contribution in [2.24, 2.45) is 0 Å². The Hall–Kier alpha value is -0.840. The van der Waals surface area contributed by atoms with Gasteiger partial charge in [0.2, 0.25) is 0 Å². The number of rotatable bonds is 2. The molecule has 1 aliphatic heterocycles. The van der Waals surface area contributed by atoms with Gasteiger partial charge in [0.15, 0.2) is 5.72 Å². The molecule has 0 radical (unpaired) electrons. The highest BCUT2D eigenvalue weighted by Crippen LogP contribution is 2.44. The Kier molecular flexibility index (Phi) is 3.06. The molecule has 4 nitrogen and oxygen atoms in total. The first-order chi connectivity index (χ1) is 7.81. The molecule has 0 aromatic rings. The van der Waals surface area contributed by atoms with Crippen molar-refractivity contribution >= 4 is 6.09 Å². The zero-order chi connectivity index (χ0) is 12.7. The van der Waals surface area contributed by atoms with Gasteiger partial charge in [-0.15, -0.1) is 0 Å². The smallest absolute Gasteiger partial charge is 0.409 e. The van der Waals surface area contributed by atoms with Crippen LogP contribution in [0, 0.1) is 0 Å². The molecule has 2 fully saturated rings. The molecule has 17 heavy (non-hydrogen) atoms. The number of likely N-dealkylation sites (tertiary alicyclic amines) is 1. The van der Waals surface area contributed by atoms with E-state index in [2.05, 4.69) is 5.32 Å². The Morgan fingerprint density at radius 1 is 1.47 bits per heavy atom. The van der Waals surface area contributed by atoms with E-state index < -0.39 is 18.0 Å². The molecule has 1 saturated carbocycles. The summed E-state index contributed by atoms with van der Waals surface area (Å²) < 4.78 is 18.6. The van der Waals surface area contributed by atoms with Gasteiger partial charge in [0.1, 0.15) is 6.17 Å². The third kappa shape index (κ3) is 3.09. The van der Waals surface area contributed by atoms with Crippen molar-refractivity contribution in [2.75, 3.05) is 13.1 Å². The van der Waals surface area contributed by atoms with E-state index in [1.165, 1.54) is 0 Å². The second kappa shape index (κ2) is 4.12. The maximum absolute atomic E-state index is 13.1. The molecule has 1 saturated heterocycles. The second-order valence-electron chi connectivity index (χ2n) is 6.04. The van der Waals surface area contributed by atoms with Gasteiger partial charge in [0.05, 0.1) is 0 Å². The number of carbonyl (C=O) groups excluding carboxylic acids is 1. The highest BCUT2D eigenvalue weighted by molar-refractivity contribution is 5.69. The SMILES string of the molecule is CC(C)(C)NC(=O)OC1(N2CCC(F)C2)CC1. The number of nitrogens with one attached hydrogen (secondary N) is 1. The predicted molar refractivity (Wildman–Crippen MR) is 62.4 cm³/mol. The molecule has 2 rings (SSSR count). The summed E-state index contributed by atoms with van der Waals surface area (Å²) in [6.45, 7) is 6.79. The first-order valence-corrected chi connectivity index (χ1v) is 6.21. The van der Waals surface area contributed by atoms with Gasteiger partial charge in [-0.25, -0.2) is 9.18 Å². The first kappa shape index (κ1) is 12.6. The fourth-order valence-corrected chi connectivity index (χ4v) is 2.18. The highest BCUT2D eigenvalue weighted by Gasteiger charge is 2.54. The van der Waals surface area contributed by atoms with E-state index in [1.54, 1.807) is 0 Å². The summed E-state index contributed by atoms with van der Waals surface area (Å²) >= 11 is 0. The summed E-state index contributed by atoms with van der Waals surface area (Å²) in [5, 5.41) is 2.77. The van der Waals surface area contributed by atoms with Crippen LogP contribution in [0.2, 0.25) is 0 Å². The van der Waals surface area contributed by atoms with Crippen molar-refractivity contribution < 1.29 is 13.9 Å². The molecular weight excluding hydrogens is 223 g/mol. The lowest BCUT2D eigenvalue weighted by Gasteiger charge is -2.29. The topological polar surface area (TPSA) is 41.6 Å². The maximum atomic E-state index is 13.1. The fourth-order valence-electron chi connectivity index (χ4n) is 2.18. The van der Waals surface area contributed by atoms with Crippen LogP contribution >= 0.6 is 0 Å². The predicted octanol–water partition coefficient (Wildman–Crippen LogP) is 2.04. The molecule has 0 spiro atoms. The molecule has 1 heterocycles. The fraction of sp³-hybridized carbons (Fsp3) is 0.917. The first-order valence-electron chi connectivity index (χ1n) is 6.21. The van der Waals surface area contributed by atoms with Crippen molar-refractivity contribution in [2.45, 2.75) is 57.5 Å². The van der Waals surface area contributed by atoms with Gasteiger partial charge in [-0.05, 0) is 27.2 Å². The van der Waals surface area contributed by atoms with Crippen LogP contribution in [0.1, 0.15) is 40.0 Å². The van der Waals surface area contributed by atoms with Crippen molar-refractivity contribution in [3.8, 4) is 0 Å². The van der Waals surface area contributed by atoms with Gasteiger partial charge < -0.3 is 10.1 Å². The van der Waals surface area contributed by atoms with Crippen LogP contribution in [0.5, 0.6) is 0 Å². The van der Waals surface area contributed by atoms with Crippen molar-refractivity contribution in [3.63, 3.8) is 0 Å². The van der Waals surface area contributed by atoms with Crippen LogP contribution in [0.4, 0.5) is 9.18 Å². The second-order valence-corrected chi connectivity index (χ2v) is 6.04. The Balaban J connectivity index is 1.88. The number of hydrogen-bond donors (Lipinski definition) is 1. The summed E-state index contributed by atoms with van der Waals surface area (Å²) in [4.78, 5) is 13.7. The molecule has 1 amide bonds. The highest BCUT2D eigenvalue weighted by atomic mass is 19.1. The standard InChI is InChI=1S/C12H21FN2O2/c1-11(2,3)14-10(16)17-12(5-6-12)15-7-4-9(13)8-15/h9H,4-8H2,1-3H3,(H,14,16). The lowest BCUT2D eigenvalue weighted by Crippen LogP contribution is -2.47. The Bertz CT molecular complexity index is 310.